The van der Waals surface area contributed by atoms with Gasteiger partial charge in [0.2, 0.25) is 5.88 Å². The van der Waals surface area contributed by atoms with Crippen LogP contribution in [0.2, 0.25) is 0 Å². The normalized spacial score (nSPS) is 9.88. The minimum atomic E-state index is 0.546. The average molecular weight is 215 g/mol. The second-order valence-electron chi connectivity index (χ2n) is 3.44. The van der Waals surface area contributed by atoms with Gasteiger partial charge in [0.15, 0.2) is 0 Å². The van der Waals surface area contributed by atoms with Gasteiger partial charge in [-0.3, -0.25) is 0 Å². The van der Waals surface area contributed by atoms with E-state index in [0.29, 0.717) is 5.88 Å². The first-order chi connectivity index (χ1) is 7.78. The van der Waals surface area contributed by atoms with Gasteiger partial charge in [0, 0.05) is 11.8 Å². The van der Waals surface area contributed by atoms with Crippen molar-refractivity contribution >= 4 is 11.5 Å². The zero-order valence-corrected chi connectivity index (χ0v) is 9.27. The third-order valence-electron chi connectivity index (χ3n) is 2.14. The molecular formula is C12H13N3O. The molecule has 82 valence electrons. The number of rotatable bonds is 3. The van der Waals surface area contributed by atoms with Gasteiger partial charge in [-0.15, -0.1) is 0 Å². The predicted octanol–water partition coefficient (Wildman–Crippen LogP) is 2.54. The van der Waals surface area contributed by atoms with Gasteiger partial charge in [0.25, 0.3) is 0 Å². The van der Waals surface area contributed by atoms with Crippen LogP contribution in [-0.2, 0) is 0 Å². The molecule has 2 rings (SSSR count). The van der Waals surface area contributed by atoms with E-state index in [1.54, 1.807) is 13.2 Å². The lowest BCUT2D eigenvalue weighted by atomic mass is 10.2. The second-order valence-corrected chi connectivity index (χ2v) is 3.44. The zero-order valence-electron chi connectivity index (χ0n) is 9.27. The third-order valence-corrected chi connectivity index (χ3v) is 2.14. The molecule has 1 heterocycles. The molecule has 0 fully saturated rings. The molecule has 0 atom stereocenters. The van der Waals surface area contributed by atoms with Crippen molar-refractivity contribution in [2.24, 2.45) is 0 Å². The van der Waals surface area contributed by atoms with Gasteiger partial charge < -0.3 is 10.1 Å². The maximum atomic E-state index is 5.03. The lowest BCUT2D eigenvalue weighted by Gasteiger charge is -2.06. The maximum absolute atomic E-state index is 5.03. The van der Waals surface area contributed by atoms with E-state index in [9.17, 15) is 0 Å². The van der Waals surface area contributed by atoms with E-state index < -0.39 is 0 Å². The molecule has 0 amide bonds. The summed E-state index contributed by atoms with van der Waals surface area (Å²) in [7, 11) is 1.58. The number of hydrogen-bond donors (Lipinski definition) is 1. The molecule has 4 nitrogen and oxygen atoms in total. The number of hydrogen-bond acceptors (Lipinski definition) is 4. The van der Waals surface area contributed by atoms with Crippen molar-refractivity contribution < 1.29 is 4.74 Å². The van der Waals surface area contributed by atoms with E-state index in [4.69, 9.17) is 4.74 Å². The van der Waals surface area contributed by atoms with Gasteiger partial charge in [-0.2, -0.15) is 0 Å². The van der Waals surface area contributed by atoms with Crippen LogP contribution in [0.4, 0.5) is 11.5 Å². The topological polar surface area (TPSA) is 47.0 Å². The van der Waals surface area contributed by atoms with Crippen LogP contribution in [0.1, 0.15) is 5.56 Å². The number of methoxy groups -OCH3 is 1. The summed E-state index contributed by atoms with van der Waals surface area (Å²) in [4.78, 5) is 8.05. The minimum absolute atomic E-state index is 0.546. The highest BCUT2D eigenvalue weighted by atomic mass is 16.5. The lowest BCUT2D eigenvalue weighted by molar-refractivity contribution is 0.397. The van der Waals surface area contributed by atoms with Gasteiger partial charge in [-0.1, -0.05) is 12.1 Å². The third kappa shape index (κ3) is 2.48. The highest BCUT2D eigenvalue weighted by Gasteiger charge is 1.99. The Morgan fingerprint density at radius 2 is 2.06 bits per heavy atom. The molecule has 1 aromatic carbocycles. The number of benzene rings is 1. The molecule has 0 radical (unpaired) electrons. The highest BCUT2D eigenvalue weighted by Crippen LogP contribution is 2.17. The lowest BCUT2D eigenvalue weighted by Crippen LogP contribution is -1.96. The average Bonchev–Trinajstić information content (AvgIpc) is 2.29. The fourth-order valence-corrected chi connectivity index (χ4v) is 1.39. The number of aryl methyl sites for hydroxylation is 1. The van der Waals surface area contributed by atoms with Crippen molar-refractivity contribution in [1.82, 2.24) is 9.97 Å². The molecule has 0 saturated heterocycles. The first-order valence-corrected chi connectivity index (χ1v) is 4.97. The summed E-state index contributed by atoms with van der Waals surface area (Å²) in [5.74, 6) is 1.27. The summed E-state index contributed by atoms with van der Waals surface area (Å²) in [6.45, 7) is 2.05. The molecular weight excluding hydrogens is 202 g/mol. The molecule has 0 spiro atoms. The predicted molar refractivity (Wildman–Crippen MR) is 63.0 cm³/mol. The van der Waals surface area contributed by atoms with E-state index >= 15 is 0 Å². The molecule has 0 aliphatic carbocycles. The molecule has 16 heavy (non-hydrogen) atoms. The number of nitrogens with zero attached hydrogens (tertiary/aromatic N) is 2. The fourth-order valence-electron chi connectivity index (χ4n) is 1.39. The van der Waals surface area contributed by atoms with E-state index in [1.165, 1.54) is 11.9 Å². The summed E-state index contributed by atoms with van der Waals surface area (Å²) < 4.78 is 5.03. The molecule has 4 heteroatoms. The van der Waals surface area contributed by atoms with Crippen molar-refractivity contribution in [2.45, 2.75) is 6.92 Å². The Labute approximate surface area is 94.3 Å². The Kier molecular flexibility index (Phi) is 3.00. The van der Waals surface area contributed by atoms with Crippen LogP contribution in [0.15, 0.2) is 36.7 Å². The van der Waals surface area contributed by atoms with Gasteiger partial charge >= 0.3 is 0 Å². The maximum Gasteiger partial charge on any atom is 0.218 e. The van der Waals surface area contributed by atoms with Crippen LogP contribution in [0, 0.1) is 6.92 Å². The van der Waals surface area contributed by atoms with Crippen LogP contribution in [0.3, 0.4) is 0 Å². The second kappa shape index (κ2) is 4.61. The molecule has 1 aromatic heterocycles. The Balaban J connectivity index is 2.20. The number of nitrogens with one attached hydrogen (secondary N) is 1. The summed E-state index contributed by atoms with van der Waals surface area (Å²) >= 11 is 0. The van der Waals surface area contributed by atoms with Gasteiger partial charge in [0.05, 0.1) is 7.11 Å². The summed E-state index contributed by atoms with van der Waals surface area (Å²) in [5.41, 5.74) is 2.20. The Hall–Kier alpha value is -2.10. The molecule has 1 N–H and O–H groups in total. The summed E-state index contributed by atoms with van der Waals surface area (Å²) in [6.07, 6.45) is 1.47. The SMILES string of the molecule is COc1cc(Nc2cccc(C)c2)ncn1. The standard InChI is InChI=1S/C12H13N3O/c1-9-4-3-5-10(6-9)15-11-7-12(16-2)14-8-13-11/h3-8H,1-2H3,(H,13,14,15). The first kappa shape index (κ1) is 10.4. The van der Waals surface area contributed by atoms with E-state index in [-0.39, 0.29) is 0 Å². The van der Waals surface area contributed by atoms with E-state index in [2.05, 4.69) is 21.4 Å². The van der Waals surface area contributed by atoms with Crippen LogP contribution in [0.25, 0.3) is 0 Å². The van der Waals surface area contributed by atoms with Crippen LogP contribution < -0.4 is 10.1 Å². The smallest absolute Gasteiger partial charge is 0.218 e. The van der Waals surface area contributed by atoms with E-state index in [1.807, 2.05) is 25.1 Å². The largest absolute Gasteiger partial charge is 0.481 e. The monoisotopic (exact) mass is 215 g/mol. The number of anilines is 2. The molecule has 0 aliphatic rings. The Morgan fingerprint density at radius 3 is 2.81 bits per heavy atom. The van der Waals surface area contributed by atoms with Crippen molar-refractivity contribution in [3.8, 4) is 5.88 Å². The van der Waals surface area contributed by atoms with Crippen LogP contribution in [0.5, 0.6) is 5.88 Å². The highest BCUT2D eigenvalue weighted by molar-refractivity contribution is 5.57. The molecule has 2 aromatic rings. The fraction of sp³-hybridized carbons (Fsp3) is 0.167. The van der Waals surface area contributed by atoms with Crippen molar-refractivity contribution in [3.63, 3.8) is 0 Å². The van der Waals surface area contributed by atoms with Gasteiger partial charge in [0.1, 0.15) is 12.1 Å². The van der Waals surface area contributed by atoms with Crippen molar-refractivity contribution in [2.75, 3.05) is 12.4 Å². The molecule has 0 bridgehead atoms. The van der Waals surface area contributed by atoms with Crippen molar-refractivity contribution in [3.05, 3.63) is 42.2 Å². The van der Waals surface area contributed by atoms with Crippen LogP contribution in [-0.4, -0.2) is 17.1 Å². The number of ether oxygens (including phenoxy) is 1. The van der Waals surface area contributed by atoms with Gasteiger partial charge in [-0.05, 0) is 24.6 Å². The first-order valence-electron chi connectivity index (χ1n) is 4.97. The molecule has 0 aliphatic heterocycles. The molecule has 0 saturated carbocycles. The molecule has 0 unspecified atom stereocenters. The summed E-state index contributed by atoms with van der Waals surface area (Å²) in [5, 5.41) is 3.19. The minimum Gasteiger partial charge on any atom is -0.481 e. The van der Waals surface area contributed by atoms with Gasteiger partial charge in [-0.25, -0.2) is 9.97 Å². The number of aromatic nitrogens is 2. The van der Waals surface area contributed by atoms with Crippen LogP contribution >= 0.6 is 0 Å². The quantitative estimate of drug-likeness (QED) is 0.854. The van der Waals surface area contributed by atoms with Crippen molar-refractivity contribution in [1.29, 1.82) is 0 Å². The zero-order chi connectivity index (χ0) is 11.4. The van der Waals surface area contributed by atoms with E-state index in [0.717, 1.165) is 11.5 Å². The Morgan fingerprint density at radius 1 is 1.19 bits per heavy atom. The summed E-state index contributed by atoms with van der Waals surface area (Å²) in [6, 6.07) is 9.83. The Bertz CT molecular complexity index is 485.